The lowest BCUT2D eigenvalue weighted by Crippen LogP contribution is -2.41. The van der Waals surface area contributed by atoms with Crippen LogP contribution in [-0.4, -0.2) is 28.5 Å². The zero-order valence-electron chi connectivity index (χ0n) is 14.6. The molecule has 3 rings (SSSR count). The van der Waals surface area contributed by atoms with Gasteiger partial charge in [-0.15, -0.1) is 0 Å². The van der Waals surface area contributed by atoms with Crippen LogP contribution in [-0.2, 0) is 15.5 Å². The molecule has 1 aromatic rings. The Morgan fingerprint density at radius 3 is 2.20 bits per heavy atom. The fourth-order valence-corrected chi connectivity index (χ4v) is 2.90. The first kappa shape index (κ1) is 18.4. The van der Waals surface area contributed by atoms with Crippen LogP contribution in [0.1, 0.15) is 69.8 Å². The maximum absolute atomic E-state index is 14.7. The summed E-state index contributed by atoms with van der Waals surface area (Å²) in [5.41, 5.74) is -3.49. The molecule has 0 amide bonds. The Labute approximate surface area is 144 Å². The van der Waals surface area contributed by atoms with Crippen LogP contribution in [0.15, 0.2) is 5.73 Å². The van der Waals surface area contributed by atoms with Crippen molar-refractivity contribution >= 4 is 13.2 Å². The van der Waals surface area contributed by atoms with Crippen molar-refractivity contribution < 1.29 is 26.9 Å². The molecular formula is C16H21BF4N2O2. The van der Waals surface area contributed by atoms with Gasteiger partial charge in [0.25, 0.3) is 0 Å². The van der Waals surface area contributed by atoms with E-state index in [0.29, 0.717) is 5.69 Å². The minimum Gasteiger partial charge on any atom is -0.398 e. The number of halogens is 4. The zero-order valence-corrected chi connectivity index (χ0v) is 14.6. The molecular weight excluding hydrogens is 339 g/mol. The highest BCUT2D eigenvalue weighted by Gasteiger charge is 2.53. The summed E-state index contributed by atoms with van der Waals surface area (Å²) in [4.78, 5) is 0. The smallest absolute Gasteiger partial charge is 0.398 e. The maximum atomic E-state index is 14.7. The summed E-state index contributed by atoms with van der Waals surface area (Å²) in [6.07, 6.45) is -1.35. The van der Waals surface area contributed by atoms with Gasteiger partial charge in [0.1, 0.15) is 5.73 Å². The normalized spacial score (nSPS) is 23.8. The quantitative estimate of drug-likeness (QED) is 0.631. The monoisotopic (exact) mass is 360 g/mol. The first-order valence-electron chi connectivity index (χ1n) is 8.30. The van der Waals surface area contributed by atoms with E-state index in [9.17, 15) is 17.6 Å². The van der Waals surface area contributed by atoms with Crippen molar-refractivity contribution in [1.29, 1.82) is 0 Å². The molecule has 1 saturated heterocycles. The molecule has 1 saturated carbocycles. The summed E-state index contributed by atoms with van der Waals surface area (Å²) in [6.45, 7) is 7.00. The number of nitrogens with one attached hydrogen (secondary N) is 1. The molecule has 0 unspecified atom stereocenters. The maximum Gasteiger partial charge on any atom is 0.525 e. The van der Waals surface area contributed by atoms with Crippen molar-refractivity contribution in [2.75, 3.05) is 0 Å². The van der Waals surface area contributed by atoms with Crippen LogP contribution < -0.4 is 0 Å². The van der Waals surface area contributed by atoms with Crippen LogP contribution in [0.5, 0.6) is 0 Å². The molecule has 0 aromatic carbocycles. The number of H-pyrrole nitrogens is 1. The van der Waals surface area contributed by atoms with E-state index in [1.54, 1.807) is 27.7 Å². The van der Waals surface area contributed by atoms with Crippen molar-refractivity contribution in [3.05, 3.63) is 22.7 Å². The molecule has 2 heterocycles. The predicted octanol–water partition coefficient (Wildman–Crippen LogP) is 4.64. The van der Waals surface area contributed by atoms with Gasteiger partial charge in [-0.3, -0.25) is 5.10 Å². The third-order valence-electron chi connectivity index (χ3n) is 5.38. The summed E-state index contributed by atoms with van der Waals surface area (Å²) in [5, 5.41) is 5.83. The van der Waals surface area contributed by atoms with Crippen molar-refractivity contribution in [1.82, 2.24) is 10.2 Å². The molecule has 1 aliphatic heterocycles. The van der Waals surface area contributed by atoms with Gasteiger partial charge in [-0.05, 0) is 46.6 Å². The van der Waals surface area contributed by atoms with Crippen molar-refractivity contribution in [2.24, 2.45) is 0 Å². The molecule has 1 aliphatic carbocycles. The van der Waals surface area contributed by atoms with Gasteiger partial charge in [-0.25, -0.2) is 4.39 Å². The second-order valence-electron chi connectivity index (χ2n) is 7.64. The molecule has 0 atom stereocenters. The van der Waals surface area contributed by atoms with Crippen LogP contribution in [0.4, 0.5) is 17.6 Å². The van der Waals surface area contributed by atoms with E-state index in [-0.39, 0.29) is 11.5 Å². The lowest BCUT2D eigenvalue weighted by Gasteiger charge is -2.32. The Morgan fingerprint density at radius 2 is 1.76 bits per heavy atom. The van der Waals surface area contributed by atoms with Gasteiger partial charge >= 0.3 is 13.3 Å². The Morgan fingerprint density at radius 1 is 1.20 bits per heavy atom. The Hall–Kier alpha value is -1.35. The van der Waals surface area contributed by atoms with Crippen LogP contribution in [0.25, 0.3) is 6.08 Å². The highest BCUT2D eigenvalue weighted by Crippen LogP contribution is 2.43. The lowest BCUT2D eigenvalue weighted by molar-refractivity contribution is -0.141. The number of alkyl halides is 3. The first-order valence-corrected chi connectivity index (χ1v) is 8.30. The molecule has 0 bridgehead atoms. The molecule has 1 aromatic heterocycles. The number of hydrogen-bond acceptors (Lipinski definition) is 3. The molecule has 2 fully saturated rings. The average molecular weight is 360 g/mol. The van der Waals surface area contributed by atoms with E-state index >= 15 is 0 Å². The van der Waals surface area contributed by atoms with E-state index in [0.717, 1.165) is 25.3 Å². The Balaban J connectivity index is 1.96. The highest BCUT2D eigenvalue weighted by atomic mass is 19.4. The molecule has 138 valence electrons. The number of rotatable bonds is 3. The SMILES string of the molecule is CC1(C)OB(C(F)=Cc2c(C(F)(F)F)n[nH]c2C2CCC2)OC1(C)C. The summed E-state index contributed by atoms with van der Waals surface area (Å²) in [5.74, 6) is -0.0547. The number of aromatic nitrogens is 2. The fraction of sp³-hybridized carbons (Fsp3) is 0.688. The van der Waals surface area contributed by atoms with Gasteiger partial charge in [-0.2, -0.15) is 18.3 Å². The van der Waals surface area contributed by atoms with E-state index in [4.69, 9.17) is 9.31 Å². The van der Waals surface area contributed by atoms with Crippen molar-refractivity contribution in [3.63, 3.8) is 0 Å². The minimum absolute atomic E-state index is 0.0547. The van der Waals surface area contributed by atoms with Crippen LogP contribution in [0, 0.1) is 0 Å². The highest BCUT2D eigenvalue weighted by molar-refractivity contribution is 6.54. The fourth-order valence-electron chi connectivity index (χ4n) is 2.90. The lowest BCUT2D eigenvalue weighted by atomic mass is 9.80. The summed E-state index contributed by atoms with van der Waals surface area (Å²) < 4.78 is 65.5. The van der Waals surface area contributed by atoms with E-state index < -0.39 is 35.9 Å². The molecule has 4 nitrogen and oxygen atoms in total. The van der Waals surface area contributed by atoms with E-state index in [1.807, 2.05) is 0 Å². The predicted molar refractivity (Wildman–Crippen MR) is 85.3 cm³/mol. The third-order valence-corrected chi connectivity index (χ3v) is 5.38. The van der Waals surface area contributed by atoms with Gasteiger partial charge in [0.05, 0.1) is 11.2 Å². The summed E-state index contributed by atoms with van der Waals surface area (Å²) in [7, 11) is -1.34. The molecule has 0 radical (unpaired) electrons. The van der Waals surface area contributed by atoms with Gasteiger partial charge in [0.15, 0.2) is 5.69 Å². The van der Waals surface area contributed by atoms with Gasteiger partial charge in [0, 0.05) is 17.2 Å². The molecule has 1 N–H and O–H groups in total. The summed E-state index contributed by atoms with van der Waals surface area (Å²) in [6, 6.07) is 0. The average Bonchev–Trinajstić information content (AvgIpc) is 2.87. The van der Waals surface area contributed by atoms with Crippen LogP contribution in [0.2, 0.25) is 0 Å². The molecule has 2 aliphatic rings. The molecule has 9 heteroatoms. The number of nitrogens with zero attached hydrogens (tertiary/aromatic N) is 1. The number of hydrogen-bond donors (Lipinski definition) is 1. The van der Waals surface area contributed by atoms with Crippen LogP contribution >= 0.6 is 0 Å². The molecule has 25 heavy (non-hydrogen) atoms. The number of aromatic amines is 1. The second kappa shape index (κ2) is 5.84. The first-order chi connectivity index (χ1) is 11.4. The van der Waals surface area contributed by atoms with Gasteiger partial charge in [0.2, 0.25) is 0 Å². The standard InChI is InChI=1S/C16H21BF4N2O2/c1-14(2)15(3,4)25-17(24-14)11(18)8-10-12(9-6-5-7-9)22-23-13(10)16(19,20)21/h8-9H,5-7H2,1-4H3,(H,22,23). The van der Waals surface area contributed by atoms with Gasteiger partial charge in [-0.1, -0.05) is 6.42 Å². The summed E-state index contributed by atoms with van der Waals surface area (Å²) >= 11 is 0. The topological polar surface area (TPSA) is 47.1 Å². The Kier molecular flexibility index (Phi) is 4.31. The van der Waals surface area contributed by atoms with E-state index in [2.05, 4.69) is 10.2 Å². The third kappa shape index (κ3) is 3.24. The van der Waals surface area contributed by atoms with E-state index in [1.165, 1.54) is 0 Å². The van der Waals surface area contributed by atoms with Crippen LogP contribution in [0.3, 0.4) is 0 Å². The zero-order chi connectivity index (χ0) is 18.6. The van der Waals surface area contributed by atoms with Gasteiger partial charge < -0.3 is 9.31 Å². The largest absolute Gasteiger partial charge is 0.525 e. The molecule has 0 spiro atoms. The van der Waals surface area contributed by atoms with Crippen molar-refractivity contribution in [3.8, 4) is 0 Å². The minimum atomic E-state index is -4.67. The Bertz CT molecular complexity index is 677. The second-order valence-corrected chi connectivity index (χ2v) is 7.64. The van der Waals surface area contributed by atoms with Crippen molar-refractivity contribution in [2.45, 2.75) is 70.3 Å².